The molecule has 5 atom stereocenters. The Kier molecular flexibility index (Phi) is 3.67. The molecule has 0 unspecified atom stereocenters. The van der Waals surface area contributed by atoms with Gasteiger partial charge in [-0.05, 0) is 13.8 Å². The van der Waals surface area contributed by atoms with Gasteiger partial charge in [-0.3, -0.25) is 4.79 Å². The predicted molar refractivity (Wildman–Crippen MR) is 56.2 cm³/mol. The van der Waals surface area contributed by atoms with E-state index in [9.17, 15) is 9.90 Å². The molecule has 0 amide bonds. The van der Waals surface area contributed by atoms with Crippen LogP contribution in [-0.2, 0) is 23.7 Å². The number of esters is 1. The molecule has 2 saturated heterocycles. The summed E-state index contributed by atoms with van der Waals surface area (Å²) in [4.78, 5) is 10.7. The van der Waals surface area contributed by atoms with Crippen LogP contribution in [0.4, 0.5) is 0 Å². The maximum Gasteiger partial charge on any atom is 0.302 e. The van der Waals surface area contributed by atoms with E-state index < -0.39 is 12.4 Å². The van der Waals surface area contributed by atoms with Crippen molar-refractivity contribution in [3.8, 4) is 0 Å². The number of aliphatic hydroxyl groups excluding tert-OH is 1. The fourth-order valence-electron chi connectivity index (χ4n) is 1.91. The number of aliphatic hydroxyl groups is 1. The van der Waals surface area contributed by atoms with E-state index in [1.165, 1.54) is 6.92 Å². The van der Waals surface area contributed by atoms with E-state index in [0.29, 0.717) is 0 Å². The van der Waals surface area contributed by atoms with E-state index in [1.54, 1.807) is 0 Å². The van der Waals surface area contributed by atoms with Crippen LogP contribution in [0.2, 0.25) is 0 Å². The lowest BCUT2D eigenvalue weighted by molar-refractivity contribution is -0.248. The van der Waals surface area contributed by atoms with E-state index in [2.05, 4.69) is 0 Å². The van der Waals surface area contributed by atoms with Crippen molar-refractivity contribution in [1.82, 2.24) is 0 Å². The summed E-state index contributed by atoms with van der Waals surface area (Å²) in [6.07, 6.45) is -2.39. The molecule has 6 heteroatoms. The van der Waals surface area contributed by atoms with Crippen LogP contribution >= 0.6 is 0 Å². The molecule has 2 fully saturated rings. The van der Waals surface area contributed by atoms with Crippen LogP contribution in [0.15, 0.2) is 0 Å². The summed E-state index contributed by atoms with van der Waals surface area (Å²) in [5.74, 6) is -0.363. The summed E-state index contributed by atoms with van der Waals surface area (Å²) in [5.41, 5.74) is 0. The first kappa shape index (κ1) is 12.8. The molecular formula is C11H18O6. The molecule has 98 valence electrons. The van der Waals surface area contributed by atoms with E-state index >= 15 is 0 Å². The molecule has 0 aliphatic carbocycles. The predicted octanol–water partition coefficient (Wildman–Crippen LogP) is -0.172. The Morgan fingerprint density at radius 2 is 2.06 bits per heavy atom. The van der Waals surface area contributed by atoms with Gasteiger partial charge in [0.15, 0.2) is 6.29 Å². The Hall–Kier alpha value is -0.690. The lowest BCUT2D eigenvalue weighted by Crippen LogP contribution is -2.48. The zero-order valence-electron chi connectivity index (χ0n) is 10.2. The number of hydrogen-bond acceptors (Lipinski definition) is 6. The molecule has 2 aliphatic heterocycles. The summed E-state index contributed by atoms with van der Waals surface area (Å²) >= 11 is 0. The third-order valence-electron chi connectivity index (χ3n) is 2.71. The highest BCUT2D eigenvalue weighted by molar-refractivity contribution is 5.65. The average Bonchev–Trinajstić information content (AvgIpc) is 2.99. The Morgan fingerprint density at radius 1 is 1.35 bits per heavy atom. The van der Waals surface area contributed by atoms with Crippen molar-refractivity contribution in [3.63, 3.8) is 0 Å². The number of carbonyl (C=O) groups is 1. The minimum atomic E-state index is -0.782. The van der Waals surface area contributed by atoms with Crippen molar-refractivity contribution >= 4 is 5.97 Å². The second kappa shape index (κ2) is 4.89. The third kappa shape index (κ3) is 2.95. The fraction of sp³-hybridized carbons (Fsp3) is 0.909. The minimum Gasteiger partial charge on any atom is -0.463 e. The number of fused-ring (bicyclic) bond motifs is 1. The van der Waals surface area contributed by atoms with Gasteiger partial charge in [-0.25, -0.2) is 0 Å². The summed E-state index contributed by atoms with van der Waals surface area (Å²) in [6.45, 7) is 5.18. The van der Waals surface area contributed by atoms with Crippen LogP contribution in [0.5, 0.6) is 0 Å². The maximum atomic E-state index is 10.7. The number of carbonyl (C=O) groups excluding carboxylic acids is 1. The molecule has 0 aromatic carbocycles. The SMILES string of the molecule is CC(=O)OC[C@H]1O[C@H](OC(C)C)[C@H](O)[C@H]2O[C@H]21. The van der Waals surface area contributed by atoms with Crippen molar-refractivity contribution in [2.75, 3.05) is 6.61 Å². The second-order valence-electron chi connectivity index (χ2n) is 4.59. The van der Waals surface area contributed by atoms with Gasteiger partial charge in [-0.15, -0.1) is 0 Å². The summed E-state index contributed by atoms with van der Waals surface area (Å²) in [6, 6.07) is 0. The zero-order chi connectivity index (χ0) is 12.6. The molecule has 2 heterocycles. The van der Waals surface area contributed by atoms with E-state index in [1.807, 2.05) is 13.8 Å². The molecule has 1 N–H and O–H groups in total. The van der Waals surface area contributed by atoms with E-state index in [-0.39, 0.29) is 37.0 Å². The largest absolute Gasteiger partial charge is 0.463 e. The van der Waals surface area contributed by atoms with Gasteiger partial charge in [-0.1, -0.05) is 0 Å². The van der Waals surface area contributed by atoms with E-state index in [0.717, 1.165) is 0 Å². The van der Waals surface area contributed by atoms with Crippen molar-refractivity contribution in [3.05, 3.63) is 0 Å². The van der Waals surface area contributed by atoms with Crippen LogP contribution in [0.3, 0.4) is 0 Å². The van der Waals surface area contributed by atoms with Crippen LogP contribution in [0.25, 0.3) is 0 Å². The molecular weight excluding hydrogens is 228 g/mol. The summed E-state index contributed by atoms with van der Waals surface area (Å²) < 4.78 is 21.2. The molecule has 6 nitrogen and oxygen atoms in total. The molecule has 0 radical (unpaired) electrons. The van der Waals surface area contributed by atoms with E-state index in [4.69, 9.17) is 18.9 Å². The third-order valence-corrected chi connectivity index (χ3v) is 2.71. The van der Waals surface area contributed by atoms with Gasteiger partial charge in [0.1, 0.15) is 31.0 Å². The first-order chi connectivity index (χ1) is 7.99. The van der Waals surface area contributed by atoms with Gasteiger partial charge in [0.2, 0.25) is 0 Å². The highest BCUT2D eigenvalue weighted by Crippen LogP contribution is 2.38. The Labute approximate surface area is 99.8 Å². The smallest absolute Gasteiger partial charge is 0.302 e. The summed E-state index contributed by atoms with van der Waals surface area (Å²) in [7, 11) is 0. The molecule has 2 rings (SSSR count). The Bertz CT molecular complexity index is 292. The van der Waals surface area contributed by atoms with Crippen LogP contribution < -0.4 is 0 Å². The van der Waals surface area contributed by atoms with Gasteiger partial charge in [0, 0.05) is 6.92 Å². The van der Waals surface area contributed by atoms with Gasteiger partial charge < -0.3 is 24.1 Å². The van der Waals surface area contributed by atoms with Gasteiger partial charge in [0.25, 0.3) is 0 Å². The minimum absolute atomic E-state index is 0.0562. The quantitative estimate of drug-likeness (QED) is 0.548. The van der Waals surface area contributed by atoms with Gasteiger partial charge in [0.05, 0.1) is 6.10 Å². The Morgan fingerprint density at radius 3 is 2.65 bits per heavy atom. The number of rotatable bonds is 4. The molecule has 0 spiro atoms. The van der Waals surface area contributed by atoms with Crippen molar-refractivity contribution in [1.29, 1.82) is 0 Å². The molecule has 0 aromatic rings. The highest BCUT2D eigenvalue weighted by atomic mass is 16.7. The zero-order valence-corrected chi connectivity index (χ0v) is 10.2. The first-order valence-electron chi connectivity index (χ1n) is 5.77. The van der Waals surface area contributed by atoms with Crippen molar-refractivity contribution in [2.45, 2.75) is 57.6 Å². The van der Waals surface area contributed by atoms with Gasteiger partial charge >= 0.3 is 5.97 Å². The maximum absolute atomic E-state index is 10.7. The first-order valence-corrected chi connectivity index (χ1v) is 5.77. The average molecular weight is 246 g/mol. The summed E-state index contributed by atoms with van der Waals surface area (Å²) in [5, 5.41) is 9.84. The van der Waals surface area contributed by atoms with Crippen molar-refractivity contribution in [2.24, 2.45) is 0 Å². The van der Waals surface area contributed by atoms with Crippen molar-refractivity contribution < 1.29 is 28.8 Å². The Balaban J connectivity index is 1.90. The van der Waals surface area contributed by atoms with Gasteiger partial charge in [-0.2, -0.15) is 0 Å². The topological polar surface area (TPSA) is 77.5 Å². The second-order valence-corrected chi connectivity index (χ2v) is 4.59. The molecule has 17 heavy (non-hydrogen) atoms. The molecule has 0 bridgehead atoms. The number of ether oxygens (including phenoxy) is 4. The lowest BCUT2D eigenvalue weighted by atomic mass is 10.1. The van der Waals surface area contributed by atoms with Crippen LogP contribution in [0.1, 0.15) is 20.8 Å². The highest BCUT2D eigenvalue weighted by Gasteiger charge is 2.58. The standard InChI is InChI=1S/C11H18O6/c1-5(2)15-11-8(13)10-9(17-10)7(16-11)4-14-6(3)12/h5,7-11,13H,4H2,1-3H3/t7-,8-,9+,10-,11+/m1/s1. The lowest BCUT2D eigenvalue weighted by Gasteiger charge is -2.31. The number of epoxide rings is 1. The molecule has 0 aromatic heterocycles. The molecule has 0 saturated carbocycles. The normalized spacial score (nSPS) is 39.9. The number of hydrogen-bond donors (Lipinski definition) is 1. The van der Waals surface area contributed by atoms with Crippen LogP contribution in [-0.4, -0.2) is 54.5 Å². The fourth-order valence-corrected chi connectivity index (χ4v) is 1.91. The molecule has 2 aliphatic rings. The van der Waals surface area contributed by atoms with Crippen LogP contribution in [0, 0.1) is 0 Å². The monoisotopic (exact) mass is 246 g/mol.